The first-order valence-corrected chi connectivity index (χ1v) is 10.9. The standard InChI is InChI=1S/C25H30N4O/c1-20-17-27-25(23-10-6-14-26-18-23)29(20)19-22-12-15-28(16-13-22)24(30)11-5-9-21-7-3-2-4-8-21/h2-4,6-8,10,14,17-18,22H,5,9,11-13,15-16,19H2,1H3. The number of aromatic nitrogens is 3. The zero-order valence-corrected chi connectivity index (χ0v) is 17.7. The molecule has 0 N–H and O–H groups in total. The quantitative estimate of drug-likeness (QED) is 0.584. The SMILES string of the molecule is Cc1cnc(-c2cccnc2)n1CC1CCN(C(=O)CCCc2ccccc2)CC1. The van der Waals surface area contributed by atoms with E-state index in [2.05, 4.69) is 56.7 Å². The molecule has 0 saturated carbocycles. The Balaban J connectivity index is 1.27. The van der Waals surface area contributed by atoms with Gasteiger partial charge in [0.2, 0.25) is 5.91 Å². The van der Waals surface area contributed by atoms with Gasteiger partial charge in [0, 0.05) is 55.9 Å². The van der Waals surface area contributed by atoms with E-state index in [0.717, 1.165) is 56.7 Å². The molecule has 0 unspecified atom stereocenters. The molecule has 1 aliphatic rings. The Morgan fingerprint density at radius 1 is 1.07 bits per heavy atom. The molecule has 1 saturated heterocycles. The summed E-state index contributed by atoms with van der Waals surface area (Å²) in [5.41, 5.74) is 3.54. The van der Waals surface area contributed by atoms with Crippen molar-refractivity contribution in [3.05, 3.63) is 72.3 Å². The van der Waals surface area contributed by atoms with Crippen molar-refractivity contribution in [1.29, 1.82) is 0 Å². The molecule has 1 aliphatic heterocycles. The van der Waals surface area contributed by atoms with Gasteiger partial charge in [0.05, 0.1) is 0 Å². The number of imidazole rings is 1. The van der Waals surface area contributed by atoms with Crippen LogP contribution in [0.5, 0.6) is 0 Å². The van der Waals surface area contributed by atoms with Gasteiger partial charge >= 0.3 is 0 Å². The summed E-state index contributed by atoms with van der Waals surface area (Å²) in [6.45, 7) is 4.79. The molecule has 0 spiro atoms. The average Bonchev–Trinajstić information content (AvgIpc) is 3.15. The average molecular weight is 403 g/mol. The van der Waals surface area contributed by atoms with Gasteiger partial charge in [0.25, 0.3) is 0 Å². The summed E-state index contributed by atoms with van der Waals surface area (Å²) < 4.78 is 2.30. The molecule has 3 heterocycles. The van der Waals surface area contributed by atoms with Gasteiger partial charge in [-0.3, -0.25) is 9.78 Å². The summed E-state index contributed by atoms with van der Waals surface area (Å²) in [6.07, 6.45) is 10.2. The fourth-order valence-electron chi connectivity index (χ4n) is 4.29. The first-order valence-electron chi connectivity index (χ1n) is 10.9. The van der Waals surface area contributed by atoms with Crippen LogP contribution in [0.2, 0.25) is 0 Å². The van der Waals surface area contributed by atoms with Crippen LogP contribution in [0.15, 0.2) is 61.1 Å². The Kier molecular flexibility index (Phi) is 6.57. The van der Waals surface area contributed by atoms with E-state index in [-0.39, 0.29) is 0 Å². The van der Waals surface area contributed by atoms with Crippen molar-refractivity contribution in [1.82, 2.24) is 19.4 Å². The number of carbonyl (C=O) groups excluding carboxylic acids is 1. The Morgan fingerprint density at radius 2 is 1.87 bits per heavy atom. The van der Waals surface area contributed by atoms with E-state index in [1.165, 1.54) is 11.3 Å². The number of amides is 1. The van der Waals surface area contributed by atoms with Crippen molar-refractivity contribution in [2.75, 3.05) is 13.1 Å². The highest BCUT2D eigenvalue weighted by Crippen LogP contribution is 2.25. The van der Waals surface area contributed by atoms with E-state index < -0.39 is 0 Å². The van der Waals surface area contributed by atoms with Crippen LogP contribution in [-0.4, -0.2) is 38.4 Å². The molecule has 0 atom stereocenters. The lowest BCUT2D eigenvalue weighted by atomic mass is 9.96. The number of benzene rings is 1. The van der Waals surface area contributed by atoms with Gasteiger partial charge in [-0.1, -0.05) is 30.3 Å². The van der Waals surface area contributed by atoms with Gasteiger partial charge in [-0.15, -0.1) is 0 Å². The van der Waals surface area contributed by atoms with Gasteiger partial charge < -0.3 is 9.47 Å². The molecule has 5 heteroatoms. The van der Waals surface area contributed by atoms with E-state index in [9.17, 15) is 4.79 Å². The zero-order chi connectivity index (χ0) is 20.8. The number of hydrogen-bond acceptors (Lipinski definition) is 3. The van der Waals surface area contributed by atoms with Crippen molar-refractivity contribution in [3.63, 3.8) is 0 Å². The first kappa shape index (κ1) is 20.3. The highest BCUT2D eigenvalue weighted by Gasteiger charge is 2.24. The Labute approximate surface area is 178 Å². The van der Waals surface area contributed by atoms with Crippen molar-refractivity contribution < 1.29 is 4.79 Å². The monoisotopic (exact) mass is 402 g/mol. The molecular weight excluding hydrogens is 372 g/mol. The van der Waals surface area contributed by atoms with Crippen LogP contribution < -0.4 is 0 Å². The molecule has 4 rings (SSSR count). The van der Waals surface area contributed by atoms with E-state index in [1.807, 2.05) is 24.5 Å². The summed E-state index contributed by atoms with van der Waals surface area (Å²) in [7, 11) is 0. The molecule has 2 aromatic heterocycles. The third-order valence-corrected chi connectivity index (χ3v) is 6.08. The molecule has 1 aromatic carbocycles. The first-order chi connectivity index (χ1) is 14.7. The Morgan fingerprint density at radius 3 is 2.60 bits per heavy atom. The number of hydrogen-bond donors (Lipinski definition) is 0. The number of nitrogens with zero attached hydrogens (tertiary/aromatic N) is 4. The van der Waals surface area contributed by atoms with Gasteiger partial charge in [-0.25, -0.2) is 4.98 Å². The normalized spacial score (nSPS) is 14.8. The maximum absolute atomic E-state index is 12.6. The van der Waals surface area contributed by atoms with Crippen molar-refractivity contribution in [3.8, 4) is 11.4 Å². The van der Waals surface area contributed by atoms with Crippen LogP contribution in [-0.2, 0) is 17.8 Å². The molecule has 3 aromatic rings. The fourth-order valence-corrected chi connectivity index (χ4v) is 4.29. The second-order valence-corrected chi connectivity index (χ2v) is 8.24. The van der Waals surface area contributed by atoms with Crippen molar-refractivity contribution >= 4 is 5.91 Å². The fraction of sp³-hybridized carbons (Fsp3) is 0.400. The van der Waals surface area contributed by atoms with Crippen LogP contribution in [0, 0.1) is 12.8 Å². The molecule has 0 bridgehead atoms. The predicted molar refractivity (Wildman–Crippen MR) is 119 cm³/mol. The van der Waals surface area contributed by atoms with Gasteiger partial charge in [0.15, 0.2) is 0 Å². The molecule has 0 radical (unpaired) electrons. The third kappa shape index (κ3) is 4.96. The molecule has 5 nitrogen and oxygen atoms in total. The summed E-state index contributed by atoms with van der Waals surface area (Å²) in [5, 5.41) is 0. The topological polar surface area (TPSA) is 51.0 Å². The number of pyridine rings is 1. The van der Waals surface area contributed by atoms with Crippen molar-refractivity contribution in [2.24, 2.45) is 5.92 Å². The molecule has 30 heavy (non-hydrogen) atoms. The van der Waals surface area contributed by atoms with Crippen LogP contribution >= 0.6 is 0 Å². The largest absolute Gasteiger partial charge is 0.343 e. The summed E-state index contributed by atoms with van der Waals surface area (Å²) in [4.78, 5) is 23.5. The molecular formula is C25H30N4O. The van der Waals surface area contributed by atoms with E-state index in [4.69, 9.17) is 0 Å². The van der Waals surface area contributed by atoms with E-state index in [0.29, 0.717) is 18.2 Å². The number of rotatable bonds is 7. The van der Waals surface area contributed by atoms with Crippen LogP contribution in [0.4, 0.5) is 0 Å². The number of aryl methyl sites for hydroxylation is 2. The second kappa shape index (κ2) is 9.70. The smallest absolute Gasteiger partial charge is 0.222 e. The van der Waals surface area contributed by atoms with Crippen LogP contribution in [0.1, 0.15) is 36.9 Å². The summed E-state index contributed by atoms with van der Waals surface area (Å²) >= 11 is 0. The van der Waals surface area contributed by atoms with Gasteiger partial charge in [-0.2, -0.15) is 0 Å². The number of likely N-dealkylation sites (tertiary alicyclic amines) is 1. The minimum atomic E-state index is 0.305. The molecule has 1 fully saturated rings. The highest BCUT2D eigenvalue weighted by atomic mass is 16.2. The zero-order valence-electron chi connectivity index (χ0n) is 17.7. The maximum Gasteiger partial charge on any atom is 0.222 e. The van der Waals surface area contributed by atoms with E-state index in [1.54, 1.807) is 6.20 Å². The van der Waals surface area contributed by atoms with Crippen LogP contribution in [0.25, 0.3) is 11.4 Å². The lowest BCUT2D eigenvalue weighted by molar-refractivity contribution is -0.132. The Bertz CT molecular complexity index is 944. The maximum atomic E-state index is 12.6. The number of carbonyl (C=O) groups is 1. The lowest BCUT2D eigenvalue weighted by Crippen LogP contribution is -2.39. The van der Waals surface area contributed by atoms with Gasteiger partial charge in [0.1, 0.15) is 5.82 Å². The minimum absolute atomic E-state index is 0.305. The van der Waals surface area contributed by atoms with Gasteiger partial charge in [-0.05, 0) is 56.2 Å². The van der Waals surface area contributed by atoms with E-state index >= 15 is 0 Å². The third-order valence-electron chi connectivity index (χ3n) is 6.08. The summed E-state index contributed by atoms with van der Waals surface area (Å²) in [5.74, 6) is 1.86. The number of piperidine rings is 1. The molecule has 1 amide bonds. The summed E-state index contributed by atoms with van der Waals surface area (Å²) in [6, 6.07) is 14.4. The highest BCUT2D eigenvalue weighted by molar-refractivity contribution is 5.76. The predicted octanol–water partition coefficient (Wildman–Crippen LogP) is 4.52. The van der Waals surface area contributed by atoms with Crippen LogP contribution in [0.3, 0.4) is 0 Å². The minimum Gasteiger partial charge on any atom is -0.343 e. The lowest BCUT2D eigenvalue weighted by Gasteiger charge is -2.32. The molecule has 156 valence electrons. The molecule has 0 aliphatic carbocycles. The Hall–Kier alpha value is -2.95. The second-order valence-electron chi connectivity index (χ2n) is 8.24. The van der Waals surface area contributed by atoms with Crippen molar-refractivity contribution in [2.45, 2.75) is 45.6 Å².